The Hall–Kier alpha value is -4.25. The highest BCUT2D eigenvalue weighted by Crippen LogP contribution is 2.50. The molecule has 43 heavy (non-hydrogen) atoms. The highest BCUT2D eigenvalue weighted by atomic mass is 16.5. The van der Waals surface area contributed by atoms with Crippen molar-refractivity contribution in [2.45, 2.75) is 71.1 Å². The summed E-state index contributed by atoms with van der Waals surface area (Å²) in [5, 5.41) is 3.17. The molecule has 4 aromatic rings. The molecule has 4 aromatic carbocycles. The van der Waals surface area contributed by atoms with Gasteiger partial charge in [0.05, 0.1) is 13.2 Å². The minimum Gasteiger partial charge on any atom is -0.493 e. The summed E-state index contributed by atoms with van der Waals surface area (Å²) in [6.07, 6.45) is 9.24. The van der Waals surface area contributed by atoms with E-state index in [0.717, 1.165) is 58.2 Å². The maximum Gasteiger partial charge on any atom is 0.255 e. The summed E-state index contributed by atoms with van der Waals surface area (Å²) >= 11 is 0. The van der Waals surface area contributed by atoms with Crippen molar-refractivity contribution in [3.8, 4) is 23.0 Å². The molecular formula is C38H43NO4. The Balaban J connectivity index is 1.46. The Labute approximate surface area is 256 Å². The van der Waals surface area contributed by atoms with E-state index in [-0.39, 0.29) is 11.8 Å². The Kier molecular flexibility index (Phi) is 10.7. The van der Waals surface area contributed by atoms with Gasteiger partial charge >= 0.3 is 0 Å². The second-order valence-electron chi connectivity index (χ2n) is 11.2. The third-order valence-electron chi connectivity index (χ3n) is 7.90. The summed E-state index contributed by atoms with van der Waals surface area (Å²) in [5.74, 6) is 2.82. The number of unbranched alkanes of at least 4 members (excludes halogenated alkanes) is 6. The van der Waals surface area contributed by atoms with Crippen LogP contribution in [0.4, 0.5) is 5.69 Å². The van der Waals surface area contributed by atoms with Crippen LogP contribution in [0.5, 0.6) is 23.0 Å². The summed E-state index contributed by atoms with van der Waals surface area (Å²) in [7, 11) is 0. The SMILES string of the molecule is CCCCCCOc1ccc2c(c1)Oc1cc(OCCCCCC)ccc1C2c1ccccc1NC(=O)c1ccccc1. The number of benzene rings is 4. The average Bonchev–Trinajstić information content (AvgIpc) is 3.04. The lowest BCUT2D eigenvalue weighted by molar-refractivity contribution is 0.102. The van der Waals surface area contributed by atoms with Gasteiger partial charge in [0.25, 0.3) is 5.91 Å². The summed E-state index contributed by atoms with van der Waals surface area (Å²) in [5.41, 5.74) is 4.44. The normalized spacial score (nSPS) is 12.1. The van der Waals surface area contributed by atoms with Gasteiger partial charge in [-0.05, 0) is 48.7 Å². The highest BCUT2D eigenvalue weighted by Gasteiger charge is 2.31. The number of nitrogens with one attached hydrogen (secondary N) is 1. The zero-order valence-electron chi connectivity index (χ0n) is 25.4. The molecule has 1 amide bonds. The van der Waals surface area contributed by atoms with Crippen LogP contribution in [-0.4, -0.2) is 19.1 Å². The first-order chi connectivity index (χ1) is 21.2. The van der Waals surface area contributed by atoms with E-state index < -0.39 is 0 Å². The quantitative estimate of drug-likeness (QED) is 0.126. The standard InChI is InChI=1S/C38H43NO4/c1-3-5-7-14-24-41-29-20-22-32-35(26-29)43-36-27-30(42-25-15-8-6-4-2)21-23-33(36)37(32)31-18-12-13-19-34(31)39-38(40)28-16-10-9-11-17-28/h9-13,16-23,26-27,37H,3-8,14-15,24-25H2,1-2H3,(H,39,40). The molecule has 1 aliphatic heterocycles. The molecule has 5 rings (SSSR count). The third kappa shape index (κ3) is 7.78. The molecule has 0 atom stereocenters. The Bertz CT molecular complexity index is 1420. The minimum atomic E-state index is -0.150. The van der Waals surface area contributed by atoms with E-state index in [9.17, 15) is 4.79 Å². The number of carbonyl (C=O) groups excluding carboxylic acids is 1. The van der Waals surface area contributed by atoms with Gasteiger partial charge in [-0.3, -0.25) is 4.79 Å². The van der Waals surface area contributed by atoms with Gasteiger partial charge in [0, 0.05) is 40.4 Å². The first-order valence-corrected chi connectivity index (χ1v) is 15.8. The fourth-order valence-corrected chi connectivity index (χ4v) is 5.57. The van der Waals surface area contributed by atoms with E-state index in [1.807, 2.05) is 72.8 Å². The van der Waals surface area contributed by atoms with Gasteiger partial charge in [-0.25, -0.2) is 0 Å². The number of ether oxygens (including phenoxy) is 3. The van der Waals surface area contributed by atoms with Crippen molar-refractivity contribution < 1.29 is 19.0 Å². The summed E-state index contributed by atoms with van der Waals surface area (Å²) in [6.45, 7) is 5.79. The lowest BCUT2D eigenvalue weighted by Crippen LogP contribution is -2.17. The highest BCUT2D eigenvalue weighted by molar-refractivity contribution is 6.04. The van der Waals surface area contributed by atoms with Crippen molar-refractivity contribution in [3.05, 3.63) is 113 Å². The summed E-state index contributed by atoms with van der Waals surface area (Å²) < 4.78 is 18.8. The van der Waals surface area contributed by atoms with E-state index in [2.05, 4.69) is 37.4 Å². The van der Waals surface area contributed by atoms with Gasteiger partial charge in [0.2, 0.25) is 0 Å². The molecule has 5 nitrogen and oxygen atoms in total. The van der Waals surface area contributed by atoms with Crippen LogP contribution < -0.4 is 19.5 Å². The smallest absolute Gasteiger partial charge is 0.255 e. The molecule has 0 radical (unpaired) electrons. The first-order valence-electron chi connectivity index (χ1n) is 15.8. The maximum atomic E-state index is 13.2. The number of para-hydroxylation sites is 1. The van der Waals surface area contributed by atoms with Crippen molar-refractivity contribution in [1.82, 2.24) is 0 Å². The second-order valence-corrected chi connectivity index (χ2v) is 11.2. The van der Waals surface area contributed by atoms with Crippen molar-refractivity contribution in [3.63, 3.8) is 0 Å². The predicted molar refractivity (Wildman–Crippen MR) is 174 cm³/mol. The second kappa shape index (κ2) is 15.3. The Morgan fingerprint density at radius 1 is 0.651 bits per heavy atom. The van der Waals surface area contributed by atoms with E-state index in [4.69, 9.17) is 14.2 Å². The number of carbonyl (C=O) groups is 1. The molecule has 1 heterocycles. The van der Waals surface area contributed by atoms with Gasteiger partial charge in [0.15, 0.2) is 0 Å². The van der Waals surface area contributed by atoms with Crippen LogP contribution >= 0.6 is 0 Å². The summed E-state index contributed by atoms with van der Waals surface area (Å²) in [6, 6.07) is 29.6. The van der Waals surface area contributed by atoms with Crippen LogP contribution in [-0.2, 0) is 0 Å². The zero-order chi connectivity index (χ0) is 29.9. The largest absolute Gasteiger partial charge is 0.493 e. The van der Waals surface area contributed by atoms with E-state index >= 15 is 0 Å². The van der Waals surface area contributed by atoms with Crippen molar-refractivity contribution in [1.29, 1.82) is 0 Å². The number of fused-ring (bicyclic) bond motifs is 2. The topological polar surface area (TPSA) is 56.8 Å². The fourth-order valence-electron chi connectivity index (χ4n) is 5.57. The van der Waals surface area contributed by atoms with Gasteiger partial charge in [-0.1, -0.05) is 101 Å². The van der Waals surface area contributed by atoms with Crippen LogP contribution in [0.2, 0.25) is 0 Å². The molecule has 0 aromatic heterocycles. The van der Waals surface area contributed by atoms with Crippen LogP contribution in [0.25, 0.3) is 0 Å². The van der Waals surface area contributed by atoms with Crippen LogP contribution in [0.1, 0.15) is 98.2 Å². The average molecular weight is 578 g/mol. The maximum absolute atomic E-state index is 13.2. The molecule has 0 aliphatic carbocycles. The molecular weight excluding hydrogens is 534 g/mol. The molecule has 1 aliphatic rings. The third-order valence-corrected chi connectivity index (χ3v) is 7.90. The predicted octanol–water partition coefficient (Wildman–Crippen LogP) is 10.1. The van der Waals surface area contributed by atoms with Crippen LogP contribution in [0.15, 0.2) is 91.0 Å². The van der Waals surface area contributed by atoms with Crippen molar-refractivity contribution in [2.24, 2.45) is 0 Å². The monoisotopic (exact) mass is 577 g/mol. The van der Waals surface area contributed by atoms with E-state index in [0.29, 0.717) is 18.8 Å². The molecule has 224 valence electrons. The van der Waals surface area contributed by atoms with Crippen LogP contribution in [0, 0.1) is 0 Å². The van der Waals surface area contributed by atoms with Crippen molar-refractivity contribution >= 4 is 11.6 Å². The lowest BCUT2D eigenvalue weighted by Gasteiger charge is -2.30. The first kappa shape index (κ1) is 30.2. The molecule has 0 unspecified atom stereocenters. The van der Waals surface area contributed by atoms with Crippen LogP contribution in [0.3, 0.4) is 0 Å². The lowest BCUT2D eigenvalue weighted by atomic mass is 9.81. The molecule has 0 bridgehead atoms. The minimum absolute atomic E-state index is 0.140. The fraction of sp³-hybridized carbons (Fsp3) is 0.342. The molecule has 0 saturated heterocycles. The summed E-state index contributed by atoms with van der Waals surface area (Å²) in [4.78, 5) is 13.2. The molecule has 0 spiro atoms. The number of hydrogen-bond acceptors (Lipinski definition) is 4. The molecule has 0 saturated carbocycles. The van der Waals surface area contributed by atoms with Gasteiger partial charge in [-0.2, -0.15) is 0 Å². The van der Waals surface area contributed by atoms with E-state index in [1.165, 1.54) is 38.5 Å². The van der Waals surface area contributed by atoms with Crippen molar-refractivity contribution in [2.75, 3.05) is 18.5 Å². The van der Waals surface area contributed by atoms with Gasteiger partial charge < -0.3 is 19.5 Å². The van der Waals surface area contributed by atoms with Gasteiger partial charge in [0.1, 0.15) is 23.0 Å². The van der Waals surface area contributed by atoms with E-state index in [1.54, 1.807) is 0 Å². The zero-order valence-corrected chi connectivity index (χ0v) is 25.4. The number of hydrogen-bond donors (Lipinski definition) is 1. The molecule has 0 fully saturated rings. The molecule has 1 N–H and O–H groups in total. The molecule has 5 heteroatoms. The Morgan fingerprint density at radius 2 is 1.21 bits per heavy atom. The Morgan fingerprint density at radius 3 is 1.79 bits per heavy atom. The number of anilines is 1. The number of amides is 1. The van der Waals surface area contributed by atoms with Gasteiger partial charge in [-0.15, -0.1) is 0 Å². The number of rotatable bonds is 15.